The van der Waals surface area contributed by atoms with Gasteiger partial charge in [-0.25, -0.2) is 9.97 Å². The lowest BCUT2D eigenvalue weighted by Crippen LogP contribution is -2.07. The van der Waals surface area contributed by atoms with E-state index in [4.69, 9.17) is 38.4 Å². The van der Waals surface area contributed by atoms with Crippen molar-refractivity contribution in [3.05, 3.63) is 69.3 Å². The molecule has 0 radical (unpaired) electrons. The fourth-order valence-corrected chi connectivity index (χ4v) is 7.41. The number of rotatable bonds is 16. The first kappa shape index (κ1) is 44.5. The van der Waals surface area contributed by atoms with E-state index in [1.165, 1.54) is 42.7 Å². The number of H-pyrrole nitrogens is 2. The van der Waals surface area contributed by atoms with Crippen LogP contribution in [0.15, 0.2) is 24.3 Å². The number of nitrogens with zero attached hydrogens (tertiary/aromatic N) is 2. The summed E-state index contributed by atoms with van der Waals surface area (Å²) in [6.45, 7) is 3.78. The molecule has 8 bridgehead atoms. The maximum Gasteiger partial charge on any atom is 0.310 e. The van der Waals surface area contributed by atoms with Gasteiger partial charge in [-0.1, -0.05) is 0 Å². The molecule has 0 fully saturated rings. The standard InChI is InChI=1S/C44H50N4O12/c1-23-25(9-13-39(49)55-3)33-21-37-30(18-44(54)60-8)28(12-16-42(52)58-6)36(48-37)20-32-24(2)26(10-14-40(50)56-4)34(46-32)22-38-29(17-43(53)59-7)27(11-15-41(51)57-5)35(47-38)19-31(23)45-33/h19-22,45,47H,9-18H2,1-8H3. The molecule has 0 aromatic carbocycles. The molecular weight excluding hydrogens is 776 g/mol. The molecule has 0 aliphatic carbocycles. The number of nitrogens with one attached hydrogen (secondary N) is 2. The minimum absolute atomic E-state index is 0.00517. The summed E-state index contributed by atoms with van der Waals surface area (Å²) in [6.07, 6.45) is 0.762. The van der Waals surface area contributed by atoms with Gasteiger partial charge < -0.3 is 38.4 Å². The van der Waals surface area contributed by atoms with Crippen molar-refractivity contribution in [2.45, 2.75) is 78.1 Å². The number of methoxy groups -OCH3 is 6. The molecule has 0 atom stereocenters. The number of aromatic nitrogens is 4. The number of carbonyl (C=O) groups excluding carboxylic acids is 6. The summed E-state index contributed by atoms with van der Waals surface area (Å²) in [6, 6.07) is 7.24. The number of hydrogen-bond acceptors (Lipinski definition) is 14. The van der Waals surface area contributed by atoms with Gasteiger partial charge in [0.15, 0.2) is 0 Å². The highest BCUT2D eigenvalue weighted by Crippen LogP contribution is 2.40. The van der Waals surface area contributed by atoms with Crippen molar-refractivity contribution < 1.29 is 57.2 Å². The third kappa shape index (κ3) is 10.2. The number of fused-ring (bicyclic) bond motifs is 8. The van der Waals surface area contributed by atoms with Crippen molar-refractivity contribution in [3.63, 3.8) is 0 Å². The van der Waals surface area contributed by atoms with Gasteiger partial charge in [-0.15, -0.1) is 0 Å². The third-order valence-electron chi connectivity index (χ3n) is 10.8. The summed E-state index contributed by atoms with van der Waals surface area (Å²) >= 11 is 0. The summed E-state index contributed by atoms with van der Waals surface area (Å²) in [4.78, 5) is 93.0. The average Bonchev–Trinajstić information content (AvgIpc) is 3.92. The van der Waals surface area contributed by atoms with E-state index in [9.17, 15) is 28.8 Å². The van der Waals surface area contributed by atoms with Crippen LogP contribution in [0.2, 0.25) is 0 Å². The number of ether oxygens (including phenoxy) is 6. The zero-order valence-electron chi connectivity index (χ0n) is 35.2. The highest BCUT2D eigenvalue weighted by Gasteiger charge is 2.27. The molecule has 2 N–H and O–H groups in total. The SMILES string of the molecule is COC(=O)CCC1=C(C)c2cc3nc(cc4[nH]c(cc5[nH]c(cc1n2)c(CC(=O)OC)c5CCC(=O)OC)c(C)c4CCC(=O)OC)C(CC(=O)OC)=C3CCC(=O)OC. The minimum atomic E-state index is -0.523. The lowest BCUT2D eigenvalue weighted by Gasteiger charge is -2.08. The van der Waals surface area contributed by atoms with E-state index in [1.807, 2.05) is 19.9 Å². The van der Waals surface area contributed by atoms with E-state index in [1.54, 1.807) is 18.2 Å². The Morgan fingerprint density at radius 3 is 1.42 bits per heavy atom. The Morgan fingerprint density at radius 2 is 0.850 bits per heavy atom. The molecule has 2 aliphatic heterocycles. The number of aryl methyl sites for hydroxylation is 3. The van der Waals surface area contributed by atoms with Gasteiger partial charge in [0.25, 0.3) is 0 Å². The van der Waals surface area contributed by atoms with Gasteiger partial charge in [-0.3, -0.25) is 28.8 Å². The smallest absolute Gasteiger partial charge is 0.310 e. The van der Waals surface area contributed by atoms with Crippen molar-refractivity contribution in [2.24, 2.45) is 0 Å². The van der Waals surface area contributed by atoms with E-state index in [-0.39, 0.29) is 64.2 Å². The molecule has 3 aromatic heterocycles. The minimum Gasteiger partial charge on any atom is -0.469 e. The maximum absolute atomic E-state index is 13.0. The predicted molar refractivity (Wildman–Crippen MR) is 221 cm³/mol. The van der Waals surface area contributed by atoms with Crippen LogP contribution in [0.3, 0.4) is 0 Å². The van der Waals surface area contributed by atoms with Crippen molar-refractivity contribution >= 4 is 80.2 Å². The molecule has 5 rings (SSSR count). The summed E-state index contributed by atoms with van der Waals surface area (Å²) in [5, 5.41) is 0. The molecule has 0 amide bonds. The van der Waals surface area contributed by atoms with Crippen LogP contribution in [-0.2, 0) is 76.5 Å². The molecule has 2 aliphatic rings. The fraction of sp³-hybridized carbons (Fsp3) is 0.409. The Kier molecular flexibility index (Phi) is 14.8. The Bertz CT molecular complexity index is 2450. The first-order valence-electron chi connectivity index (χ1n) is 19.3. The molecule has 60 heavy (non-hydrogen) atoms. The molecule has 0 saturated carbocycles. The zero-order chi connectivity index (χ0) is 43.7. The summed E-state index contributed by atoms with van der Waals surface area (Å²) in [7, 11) is 7.83. The predicted octanol–water partition coefficient (Wildman–Crippen LogP) is 5.86. The van der Waals surface area contributed by atoms with Gasteiger partial charge in [-0.2, -0.15) is 0 Å². The summed E-state index contributed by atoms with van der Waals surface area (Å²) < 4.78 is 30.1. The molecule has 5 heterocycles. The quantitative estimate of drug-likeness (QED) is 0.128. The van der Waals surface area contributed by atoms with Crippen LogP contribution < -0.4 is 0 Å². The molecule has 0 unspecified atom stereocenters. The van der Waals surface area contributed by atoms with Crippen LogP contribution in [0, 0.1) is 6.92 Å². The van der Waals surface area contributed by atoms with Crippen LogP contribution in [0.1, 0.15) is 96.9 Å². The number of allylic oxidation sites excluding steroid dienone is 3. The fourth-order valence-electron chi connectivity index (χ4n) is 7.41. The van der Waals surface area contributed by atoms with Crippen molar-refractivity contribution in [2.75, 3.05) is 42.7 Å². The zero-order valence-corrected chi connectivity index (χ0v) is 35.2. The Labute approximate surface area is 346 Å². The van der Waals surface area contributed by atoms with Crippen molar-refractivity contribution in [3.8, 4) is 0 Å². The molecule has 16 heteroatoms. The van der Waals surface area contributed by atoms with Gasteiger partial charge >= 0.3 is 35.8 Å². The van der Waals surface area contributed by atoms with Gasteiger partial charge in [0, 0.05) is 47.8 Å². The molecule has 3 aromatic rings. The van der Waals surface area contributed by atoms with E-state index >= 15 is 0 Å². The summed E-state index contributed by atoms with van der Waals surface area (Å²) in [5.74, 6) is -2.75. The third-order valence-corrected chi connectivity index (χ3v) is 10.8. The normalized spacial score (nSPS) is 12.3. The van der Waals surface area contributed by atoms with E-state index < -0.39 is 35.8 Å². The summed E-state index contributed by atoms with van der Waals surface area (Å²) in [5.41, 5.74) is 9.69. The van der Waals surface area contributed by atoms with E-state index in [0.29, 0.717) is 67.1 Å². The largest absolute Gasteiger partial charge is 0.469 e. The van der Waals surface area contributed by atoms with Crippen molar-refractivity contribution in [1.82, 2.24) is 19.9 Å². The van der Waals surface area contributed by atoms with Gasteiger partial charge in [-0.05, 0) is 108 Å². The molecule has 0 spiro atoms. The second-order valence-electron chi connectivity index (χ2n) is 14.2. The van der Waals surface area contributed by atoms with Crippen LogP contribution in [0.25, 0.3) is 44.4 Å². The molecular formula is C44H50N4O12. The second-order valence-corrected chi connectivity index (χ2v) is 14.2. The monoisotopic (exact) mass is 826 g/mol. The van der Waals surface area contributed by atoms with Crippen LogP contribution >= 0.6 is 0 Å². The maximum atomic E-state index is 13.0. The van der Waals surface area contributed by atoms with Gasteiger partial charge in [0.2, 0.25) is 0 Å². The molecule has 0 saturated heterocycles. The van der Waals surface area contributed by atoms with Gasteiger partial charge in [0.05, 0.1) is 78.3 Å². The Balaban J connectivity index is 1.99. The highest BCUT2D eigenvalue weighted by molar-refractivity contribution is 6.01. The van der Waals surface area contributed by atoms with Crippen LogP contribution in [-0.4, -0.2) is 98.4 Å². The van der Waals surface area contributed by atoms with E-state index in [2.05, 4.69) is 9.97 Å². The highest BCUT2D eigenvalue weighted by atomic mass is 16.5. The average molecular weight is 827 g/mol. The topological polar surface area (TPSA) is 215 Å². The second kappa shape index (κ2) is 19.9. The van der Waals surface area contributed by atoms with Crippen LogP contribution in [0.5, 0.6) is 0 Å². The Morgan fingerprint density at radius 1 is 0.433 bits per heavy atom. The first-order valence-corrected chi connectivity index (χ1v) is 19.3. The van der Waals surface area contributed by atoms with Crippen molar-refractivity contribution in [1.29, 1.82) is 0 Å². The molecule has 16 nitrogen and oxygen atoms in total. The lowest BCUT2D eigenvalue weighted by molar-refractivity contribution is -0.141. The number of esters is 6. The Hall–Kier alpha value is -6.58. The number of carbonyl (C=O) groups is 6. The van der Waals surface area contributed by atoms with Gasteiger partial charge in [0.1, 0.15) is 0 Å². The van der Waals surface area contributed by atoms with E-state index in [0.717, 1.165) is 22.3 Å². The first-order chi connectivity index (χ1) is 28.7. The lowest BCUT2D eigenvalue weighted by atomic mass is 9.96. The van der Waals surface area contributed by atoms with Crippen LogP contribution in [0.4, 0.5) is 0 Å². The molecule has 318 valence electrons. The number of aromatic amines is 2. The number of hydrogen-bond donors (Lipinski definition) is 2.